The number of nitrogens with one attached hydrogen (secondary N) is 1. The number of piperazine rings is 1. The van der Waals surface area contributed by atoms with Crippen molar-refractivity contribution in [3.63, 3.8) is 0 Å². The molecule has 196 valence electrons. The minimum atomic E-state index is -4.57. The van der Waals surface area contributed by atoms with Crippen LogP contribution in [0, 0.1) is 0 Å². The van der Waals surface area contributed by atoms with E-state index in [-0.39, 0.29) is 24.2 Å². The zero-order valence-corrected chi connectivity index (χ0v) is 21.5. The number of benzene rings is 1. The topological polar surface area (TPSA) is 86.2 Å². The number of aromatic amines is 1. The van der Waals surface area contributed by atoms with Gasteiger partial charge < -0.3 is 19.7 Å². The molecule has 3 aromatic heterocycles. The zero-order chi connectivity index (χ0) is 26.3. The summed E-state index contributed by atoms with van der Waals surface area (Å²) in [5, 5.41) is 3.55. The normalized spacial score (nSPS) is 16.8. The lowest BCUT2D eigenvalue weighted by Crippen LogP contribution is -2.54. The van der Waals surface area contributed by atoms with Crippen LogP contribution in [0.25, 0.3) is 22.6 Å². The highest BCUT2D eigenvalue weighted by atomic mass is 32.1. The van der Waals surface area contributed by atoms with E-state index >= 15 is 0 Å². The first-order valence-electron chi connectivity index (χ1n) is 11.8. The third kappa shape index (κ3) is 5.32. The second-order valence-corrected chi connectivity index (χ2v) is 10.4. The van der Waals surface area contributed by atoms with Crippen molar-refractivity contribution in [1.82, 2.24) is 34.5 Å². The van der Waals surface area contributed by atoms with Gasteiger partial charge in [0.05, 0.1) is 11.0 Å². The van der Waals surface area contributed by atoms with E-state index in [1.54, 1.807) is 28.0 Å². The van der Waals surface area contributed by atoms with Crippen molar-refractivity contribution >= 4 is 33.3 Å². The Morgan fingerprint density at radius 2 is 2.05 bits per heavy atom. The van der Waals surface area contributed by atoms with Crippen molar-refractivity contribution in [2.75, 3.05) is 38.6 Å². The second kappa shape index (κ2) is 9.78. The molecular weight excluding hydrogens is 505 g/mol. The molecule has 1 fully saturated rings. The van der Waals surface area contributed by atoms with E-state index in [0.717, 1.165) is 17.6 Å². The summed E-state index contributed by atoms with van der Waals surface area (Å²) in [5.41, 5.74) is 2.63. The lowest BCUT2D eigenvalue weighted by atomic mass is 10.2. The average Bonchev–Trinajstić information content (AvgIpc) is 3.57. The molecule has 0 aliphatic carbocycles. The van der Waals surface area contributed by atoms with Gasteiger partial charge in [-0.2, -0.15) is 18.3 Å². The smallest absolute Gasteiger partial charge is 0.358 e. The SMILES string of the molecule is CC1CN(c2sc(C(F)(F)F)nc2-c2nc3ccc(CN(C)C)cc3[nH]2)CCN1C(=O)Cn1cccn1. The van der Waals surface area contributed by atoms with Crippen LogP contribution in [-0.4, -0.2) is 80.2 Å². The van der Waals surface area contributed by atoms with Crippen LogP contribution in [0.15, 0.2) is 36.7 Å². The summed E-state index contributed by atoms with van der Waals surface area (Å²) in [5.74, 6) is 0.214. The van der Waals surface area contributed by atoms with Crippen molar-refractivity contribution in [2.24, 2.45) is 0 Å². The van der Waals surface area contributed by atoms with Gasteiger partial charge in [0.1, 0.15) is 17.2 Å². The zero-order valence-electron chi connectivity index (χ0n) is 20.7. The molecule has 37 heavy (non-hydrogen) atoms. The number of imidazole rings is 1. The number of aromatic nitrogens is 5. The Bertz CT molecular complexity index is 1390. The van der Waals surface area contributed by atoms with Crippen LogP contribution < -0.4 is 4.90 Å². The Morgan fingerprint density at radius 3 is 2.73 bits per heavy atom. The minimum Gasteiger partial charge on any atom is -0.358 e. The van der Waals surface area contributed by atoms with Gasteiger partial charge in [-0.25, -0.2) is 9.97 Å². The predicted octanol–water partition coefficient (Wildman–Crippen LogP) is 3.70. The molecule has 4 heterocycles. The fraction of sp³-hybridized carbons (Fsp3) is 0.417. The molecule has 1 amide bonds. The molecule has 0 radical (unpaired) electrons. The molecule has 1 aromatic carbocycles. The number of carbonyl (C=O) groups is 1. The third-order valence-corrected chi connectivity index (χ3v) is 7.37. The Labute approximate surface area is 215 Å². The molecule has 1 atom stereocenters. The lowest BCUT2D eigenvalue weighted by molar-refractivity contribution is -0.137. The summed E-state index contributed by atoms with van der Waals surface area (Å²) >= 11 is 0.610. The molecule has 0 bridgehead atoms. The van der Waals surface area contributed by atoms with Crippen molar-refractivity contribution in [1.29, 1.82) is 0 Å². The standard InChI is InChI=1S/C24H27F3N8OS/c1-15-12-33(9-10-35(15)19(36)14-34-8-4-7-28-34)22-20(31-23(37-22)24(25,26)27)21-29-17-6-5-16(13-32(2)3)11-18(17)30-21/h4-8,11,15H,9-10,12-14H2,1-3H3,(H,29,30). The molecule has 1 saturated heterocycles. The lowest BCUT2D eigenvalue weighted by Gasteiger charge is -2.40. The van der Waals surface area contributed by atoms with Crippen molar-refractivity contribution in [3.05, 3.63) is 47.2 Å². The second-order valence-electron chi connectivity index (χ2n) is 9.43. The number of nitrogens with zero attached hydrogens (tertiary/aromatic N) is 7. The first-order valence-corrected chi connectivity index (χ1v) is 12.6. The Kier molecular flexibility index (Phi) is 6.67. The van der Waals surface area contributed by atoms with E-state index in [1.165, 1.54) is 0 Å². The number of carbonyl (C=O) groups excluding carboxylic acids is 1. The van der Waals surface area contributed by atoms with Gasteiger partial charge in [-0.15, -0.1) is 0 Å². The van der Waals surface area contributed by atoms with Crippen LogP contribution in [0.4, 0.5) is 18.2 Å². The van der Waals surface area contributed by atoms with Gasteiger partial charge >= 0.3 is 6.18 Å². The Morgan fingerprint density at radius 1 is 1.24 bits per heavy atom. The fourth-order valence-electron chi connectivity index (χ4n) is 4.57. The highest BCUT2D eigenvalue weighted by molar-refractivity contribution is 7.16. The van der Waals surface area contributed by atoms with Crippen LogP contribution in [0.1, 0.15) is 17.5 Å². The molecule has 4 aromatic rings. The molecule has 0 spiro atoms. The molecule has 1 N–H and O–H groups in total. The molecule has 13 heteroatoms. The minimum absolute atomic E-state index is 0.0813. The van der Waals surface area contributed by atoms with Gasteiger partial charge in [0.25, 0.3) is 0 Å². The predicted molar refractivity (Wildman–Crippen MR) is 135 cm³/mol. The van der Waals surface area contributed by atoms with E-state index < -0.39 is 11.2 Å². The molecule has 1 unspecified atom stereocenters. The van der Waals surface area contributed by atoms with E-state index in [1.807, 2.05) is 49.0 Å². The number of hydrogen-bond acceptors (Lipinski definition) is 7. The summed E-state index contributed by atoms with van der Waals surface area (Å²) in [6.07, 6.45) is -1.24. The number of H-pyrrole nitrogens is 1. The summed E-state index contributed by atoms with van der Waals surface area (Å²) in [6.45, 7) is 3.89. The maximum absolute atomic E-state index is 13.7. The van der Waals surface area contributed by atoms with E-state index in [2.05, 4.69) is 20.1 Å². The van der Waals surface area contributed by atoms with Crippen LogP contribution in [0.3, 0.4) is 0 Å². The van der Waals surface area contributed by atoms with Crippen LogP contribution >= 0.6 is 11.3 Å². The van der Waals surface area contributed by atoms with Gasteiger partial charge in [-0.05, 0) is 44.8 Å². The highest BCUT2D eigenvalue weighted by Gasteiger charge is 2.39. The molecule has 1 aliphatic heterocycles. The summed E-state index contributed by atoms with van der Waals surface area (Å²) < 4.78 is 42.7. The quantitative estimate of drug-likeness (QED) is 0.408. The van der Waals surface area contributed by atoms with Crippen molar-refractivity contribution in [3.8, 4) is 11.5 Å². The molecule has 1 aliphatic rings. The first-order chi connectivity index (χ1) is 17.6. The number of amides is 1. The molecule has 5 rings (SSSR count). The monoisotopic (exact) mass is 532 g/mol. The van der Waals surface area contributed by atoms with Crippen LogP contribution in [0.2, 0.25) is 0 Å². The number of alkyl halides is 3. The first kappa shape index (κ1) is 25.2. The van der Waals surface area contributed by atoms with Crippen molar-refractivity contribution in [2.45, 2.75) is 32.2 Å². The number of fused-ring (bicyclic) bond motifs is 1. The Balaban J connectivity index is 1.43. The van der Waals surface area contributed by atoms with Crippen molar-refractivity contribution < 1.29 is 18.0 Å². The summed E-state index contributed by atoms with van der Waals surface area (Å²) in [4.78, 5) is 30.2. The summed E-state index contributed by atoms with van der Waals surface area (Å²) in [6, 6.07) is 7.31. The van der Waals surface area contributed by atoms with Gasteiger partial charge in [-0.3, -0.25) is 9.48 Å². The highest BCUT2D eigenvalue weighted by Crippen LogP contribution is 2.42. The van der Waals surface area contributed by atoms with Gasteiger partial charge in [0, 0.05) is 44.6 Å². The maximum Gasteiger partial charge on any atom is 0.443 e. The number of anilines is 1. The van der Waals surface area contributed by atoms with Gasteiger partial charge in [0.15, 0.2) is 5.82 Å². The van der Waals surface area contributed by atoms with Crippen LogP contribution in [0.5, 0.6) is 0 Å². The molecular formula is C24H27F3N8OS. The van der Waals surface area contributed by atoms with E-state index in [0.29, 0.717) is 47.3 Å². The van der Waals surface area contributed by atoms with E-state index in [4.69, 9.17) is 0 Å². The molecule has 0 saturated carbocycles. The fourth-order valence-corrected chi connectivity index (χ4v) is 5.54. The Hall–Kier alpha value is -3.45. The number of rotatable bonds is 6. The van der Waals surface area contributed by atoms with Gasteiger partial charge in [-0.1, -0.05) is 17.4 Å². The van der Waals surface area contributed by atoms with Crippen LogP contribution in [-0.2, 0) is 24.1 Å². The third-order valence-electron chi connectivity index (χ3n) is 6.21. The maximum atomic E-state index is 13.7. The number of thiazole rings is 1. The average molecular weight is 533 g/mol. The molecule has 9 nitrogen and oxygen atoms in total. The number of hydrogen-bond donors (Lipinski definition) is 1. The summed E-state index contributed by atoms with van der Waals surface area (Å²) in [7, 11) is 3.93. The van der Waals surface area contributed by atoms with E-state index in [9.17, 15) is 18.0 Å². The largest absolute Gasteiger partial charge is 0.443 e. The van der Waals surface area contributed by atoms with Gasteiger partial charge in [0.2, 0.25) is 10.9 Å². The number of halogens is 3.